The molecule has 1 rings (SSSR count). The van der Waals surface area contributed by atoms with Gasteiger partial charge in [0, 0.05) is 12.6 Å². The fourth-order valence-corrected chi connectivity index (χ4v) is 1.47. The molecule has 1 aromatic heterocycles. The maximum atomic E-state index is 12.6. The van der Waals surface area contributed by atoms with Crippen molar-refractivity contribution in [1.82, 2.24) is 9.97 Å². The van der Waals surface area contributed by atoms with E-state index in [4.69, 9.17) is 5.84 Å². The Labute approximate surface area is 109 Å². The number of rotatable bonds is 6. The molecule has 0 spiro atoms. The minimum atomic E-state index is -4.60. The molecule has 19 heavy (non-hydrogen) atoms. The number of nitrogens with zero attached hydrogens (tertiary/aromatic N) is 2. The van der Waals surface area contributed by atoms with E-state index in [-0.39, 0.29) is 11.6 Å². The highest BCUT2D eigenvalue weighted by Gasteiger charge is 2.35. The van der Waals surface area contributed by atoms with E-state index < -0.39 is 12.0 Å². The monoisotopic (exact) mass is 277 g/mol. The van der Waals surface area contributed by atoms with Crippen molar-refractivity contribution >= 4 is 11.6 Å². The molecule has 0 atom stereocenters. The molecule has 0 bridgehead atoms. The van der Waals surface area contributed by atoms with Crippen LogP contribution >= 0.6 is 0 Å². The van der Waals surface area contributed by atoms with Crippen LogP contribution in [0, 0.1) is 5.92 Å². The molecule has 0 radical (unpaired) electrons. The van der Waals surface area contributed by atoms with Crippen molar-refractivity contribution in [2.75, 3.05) is 17.3 Å². The predicted octanol–water partition coefficient (Wildman–Crippen LogP) is 2.63. The van der Waals surface area contributed by atoms with Gasteiger partial charge in [0.1, 0.15) is 11.6 Å². The van der Waals surface area contributed by atoms with Gasteiger partial charge in [-0.3, -0.25) is 0 Å². The van der Waals surface area contributed by atoms with Crippen molar-refractivity contribution in [2.45, 2.75) is 32.9 Å². The minimum Gasteiger partial charge on any atom is -0.370 e. The predicted molar refractivity (Wildman–Crippen MR) is 67.4 cm³/mol. The largest absolute Gasteiger partial charge is 0.451 e. The Morgan fingerprint density at radius 1 is 1.26 bits per heavy atom. The smallest absolute Gasteiger partial charge is 0.370 e. The maximum Gasteiger partial charge on any atom is 0.451 e. The number of anilines is 2. The first-order valence-electron chi connectivity index (χ1n) is 5.99. The zero-order chi connectivity index (χ0) is 14.5. The molecular weight excluding hydrogens is 259 g/mol. The second-order valence-corrected chi connectivity index (χ2v) is 4.57. The SMILES string of the molecule is CC(C)CCCNc1cc(NN)nc(C(F)(F)F)n1. The molecule has 1 heterocycles. The van der Waals surface area contributed by atoms with Crippen molar-refractivity contribution in [3.05, 3.63) is 11.9 Å². The van der Waals surface area contributed by atoms with Crippen LogP contribution < -0.4 is 16.6 Å². The van der Waals surface area contributed by atoms with Gasteiger partial charge in [0.2, 0.25) is 5.82 Å². The third kappa shape index (κ3) is 5.29. The first kappa shape index (κ1) is 15.5. The summed E-state index contributed by atoms with van der Waals surface area (Å²) in [6.07, 6.45) is -2.75. The van der Waals surface area contributed by atoms with Crippen molar-refractivity contribution in [1.29, 1.82) is 0 Å². The number of hydrogen-bond acceptors (Lipinski definition) is 5. The summed E-state index contributed by atoms with van der Waals surface area (Å²) in [5.41, 5.74) is 2.10. The zero-order valence-corrected chi connectivity index (χ0v) is 10.9. The highest BCUT2D eigenvalue weighted by molar-refractivity contribution is 5.47. The lowest BCUT2D eigenvalue weighted by atomic mass is 10.1. The second kappa shape index (κ2) is 6.55. The Morgan fingerprint density at radius 3 is 2.42 bits per heavy atom. The molecule has 0 aliphatic heterocycles. The lowest BCUT2D eigenvalue weighted by Crippen LogP contribution is -2.17. The lowest BCUT2D eigenvalue weighted by molar-refractivity contribution is -0.144. The van der Waals surface area contributed by atoms with Crippen molar-refractivity contribution < 1.29 is 13.2 Å². The van der Waals surface area contributed by atoms with Crippen LogP contribution in [0.25, 0.3) is 0 Å². The van der Waals surface area contributed by atoms with Gasteiger partial charge in [-0.1, -0.05) is 13.8 Å². The molecule has 0 saturated heterocycles. The number of nitrogens with one attached hydrogen (secondary N) is 2. The Balaban J connectivity index is 2.72. The van der Waals surface area contributed by atoms with Crippen LogP contribution in [0.4, 0.5) is 24.8 Å². The molecular formula is C11H18F3N5. The van der Waals surface area contributed by atoms with Crippen molar-refractivity contribution in [3.63, 3.8) is 0 Å². The third-order valence-corrected chi connectivity index (χ3v) is 2.39. The van der Waals surface area contributed by atoms with Gasteiger partial charge in [0.25, 0.3) is 0 Å². The average molecular weight is 277 g/mol. The molecule has 0 aromatic carbocycles. The maximum absolute atomic E-state index is 12.6. The number of halogens is 3. The number of hydrogen-bond donors (Lipinski definition) is 3. The highest BCUT2D eigenvalue weighted by Crippen LogP contribution is 2.28. The molecule has 4 N–H and O–H groups in total. The number of nitrogen functional groups attached to an aromatic ring is 1. The van der Waals surface area contributed by atoms with Crippen LogP contribution in [0.3, 0.4) is 0 Å². The summed E-state index contributed by atoms with van der Waals surface area (Å²) >= 11 is 0. The molecule has 0 aliphatic carbocycles. The molecule has 1 aromatic rings. The summed E-state index contributed by atoms with van der Waals surface area (Å²) in [6.45, 7) is 4.72. The van der Waals surface area contributed by atoms with E-state index in [1.165, 1.54) is 6.07 Å². The van der Waals surface area contributed by atoms with Crippen molar-refractivity contribution in [2.24, 2.45) is 11.8 Å². The number of hydrazine groups is 1. The van der Waals surface area contributed by atoms with Crippen LogP contribution in [-0.4, -0.2) is 16.5 Å². The molecule has 0 aliphatic rings. The molecule has 5 nitrogen and oxygen atoms in total. The van der Waals surface area contributed by atoms with E-state index in [0.29, 0.717) is 12.5 Å². The van der Waals surface area contributed by atoms with E-state index >= 15 is 0 Å². The fourth-order valence-electron chi connectivity index (χ4n) is 1.47. The van der Waals surface area contributed by atoms with Crippen LogP contribution in [0.2, 0.25) is 0 Å². The summed E-state index contributed by atoms with van der Waals surface area (Å²) < 4.78 is 37.7. The number of nitrogens with two attached hydrogens (primary N) is 1. The summed E-state index contributed by atoms with van der Waals surface area (Å²) in [6, 6.07) is 1.34. The van der Waals surface area contributed by atoms with Gasteiger partial charge in [-0.25, -0.2) is 15.8 Å². The summed E-state index contributed by atoms with van der Waals surface area (Å²) in [4.78, 5) is 6.69. The average Bonchev–Trinajstić information content (AvgIpc) is 2.33. The Hall–Kier alpha value is -1.57. The fraction of sp³-hybridized carbons (Fsp3) is 0.636. The van der Waals surface area contributed by atoms with Gasteiger partial charge in [0.15, 0.2) is 0 Å². The summed E-state index contributed by atoms with van der Waals surface area (Å²) in [5, 5.41) is 2.84. The summed E-state index contributed by atoms with van der Waals surface area (Å²) in [5.74, 6) is 4.47. The van der Waals surface area contributed by atoms with Gasteiger partial charge in [-0.2, -0.15) is 13.2 Å². The van der Waals surface area contributed by atoms with Crippen LogP contribution in [0.1, 0.15) is 32.5 Å². The molecule has 0 fully saturated rings. The van der Waals surface area contributed by atoms with E-state index in [9.17, 15) is 13.2 Å². The van der Waals surface area contributed by atoms with E-state index in [1.807, 2.05) is 0 Å². The standard InChI is InChI=1S/C11H18F3N5/c1-7(2)4-3-5-16-8-6-9(19-15)18-10(17-8)11(12,13)14/h6-7H,3-5,15H2,1-2H3,(H2,16,17,18,19). The second-order valence-electron chi connectivity index (χ2n) is 4.57. The van der Waals surface area contributed by atoms with Crippen LogP contribution in [0.5, 0.6) is 0 Å². The van der Waals surface area contributed by atoms with Gasteiger partial charge in [0.05, 0.1) is 0 Å². The molecule has 0 amide bonds. The zero-order valence-electron chi connectivity index (χ0n) is 10.9. The summed E-state index contributed by atoms with van der Waals surface area (Å²) in [7, 11) is 0. The molecule has 8 heteroatoms. The van der Waals surface area contributed by atoms with E-state index in [1.54, 1.807) is 0 Å². The third-order valence-electron chi connectivity index (χ3n) is 2.39. The van der Waals surface area contributed by atoms with Gasteiger partial charge in [-0.05, 0) is 18.8 Å². The lowest BCUT2D eigenvalue weighted by Gasteiger charge is -2.11. The normalized spacial score (nSPS) is 11.7. The van der Waals surface area contributed by atoms with Gasteiger partial charge >= 0.3 is 6.18 Å². The van der Waals surface area contributed by atoms with Crippen molar-refractivity contribution in [3.8, 4) is 0 Å². The first-order valence-corrected chi connectivity index (χ1v) is 5.99. The van der Waals surface area contributed by atoms with Crippen LogP contribution in [0.15, 0.2) is 6.07 Å². The highest BCUT2D eigenvalue weighted by atomic mass is 19.4. The topological polar surface area (TPSA) is 75.9 Å². The Morgan fingerprint density at radius 2 is 1.89 bits per heavy atom. The van der Waals surface area contributed by atoms with E-state index in [2.05, 4.69) is 34.6 Å². The Kier molecular flexibility index (Phi) is 5.34. The number of alkyl halides is 3. The van der Waals surface area contributed by atoms with Gasteiger partial charge in [-0.15, -0.1) is 0 Å². The Bertz CT molecular complexity index is 406. The molecule has 0 unspecified atom stereocenters. The van der Waals surface area contributed by atoms with E-state index in [0.717, 1.165) is 12.8 Å². The molecule has 108 valence electrons. The minimum absolute atomic E-state index is 0.0753. The molecule has 0 saturated carbocycles. The number of aromatic nitrogens is 2. The van der Waals surface area contributed by atoms with Crippen LogP contribution in [-0.2, 0) is 6.18 Å². The van der Waals surface area contributed by atoms with Gasteiger partial charge < -0.3 is 10.7 Å². The quantitative estimate of drug-likeness (QED) is 0.423. The first-order chi connectivity index (χ1) is 8.82.